The minimum atomic E-state index is -0.128. The third-order valence-corrected chi connectivity index (χ3v) is 6.65. The van der Waals surface area contributed by atoms with Gasteiger partial charge in [-0.15, -0.1) is 13.1 Å². The van der Waals surface area contributed by atoms with Gasteiger partial charge < -0.3 is 23.6 Å². The molecular formula is C26H25Cl2N3O2U-2. The molecule has 4 rings (SSSR count). The third kappa shape index (κ3) is 5.63. The molecule has 0 aliphatic carbocycles. The number of carbonyl (C=O) groups excluding carboxylic acids is 2. The smallest absolute Gasteiger partial charge is 0.250 e. The zero-order valence-corrected chi connectivity index (χ0v) is 24.5. The first-order chi connectivity index (χ1) is 15.9. The molecule has 0 bridgehead atoms. The quantitative estimate of drug-likeness (QED) is 0.331. The summed E-state index contributed by atoms with van der Waals surface area (Å²) in [6.07, 6.45) is 1.45. The average Bonchev–Trinajstić information content (AvgIpc) is 2.82. The van der Waals surface area contributed by atoms with E-state index in [9.17, 15) is 9.59 Å². The Bertz CT molecular complexity index is 1210. The summed E-state index contributed by atoms with van der Waals surface area (Å²) in [5, 5.41) is 1.91. The van der Waals surface area contributed by atoms with E-state index in [2.05, 4.69) is 13.8 Å². The molecule has 0 radical (unpaired) electrons. The van der Waals surface area contributed by atoms with E-state index in [0.29, 0.717) is 61.1 Å². The number of halogens is 2. The van der Waals surface area contributed by atoms with Gasteiger partial charge in [0.1, 0.15) is 0 Å². The maximum atomic E-state index is 13.4. The van der Waals surface area contributed by atoms with Crippen molar-refractivity contribution in [3.8, 4) is 0 Å². The van der Waals surface area contributed by atoms with Crippen LogP contribution in [0.2, 0.25) is 10.0 Å². The van der Waals surface area contributed by atoms with E-state index in [1.54, 1.807) is 21.9 Å². The van der Waals surface area contributed by atoms with Crippen LogP contribution >= 0.6 is 23.2 Å². The van der Waals surface area contributed by atoms with Crippen LogP contribution in [0.5, 0.6) is 0 Å². The number of benzene rings is 2. The SMILES string of the molecule is [CH2-]CN(C[CH2-])C(=O)c1c2c(nc3ccccc13)CCN(C(=O)CCc1ccc(Cl)cc1Cl)C2.[U]. The Hall–Kier alpha value is -1.58. The van der Waals surface area contributed by atoms with E-state index >= 15 is 0 Å². The molecule has 34 heavy (non-hydrogen) atoms. The van der Waals surface area contributed by atoms with Crippen LogP contribution in [0.3, 0.4) is 0 Å². The summed E-state index contributed by atoms with van der Waals surface area (Å²) in [5.74, 6) is -0.110. The molecular weight excluding hydrogens is 695 g/mol. The van der Waals surface area contributed by atoms with Crippen LogP contribution in [0.15, 0.2) is 42.5 Å². The Morgan fingerprint density at radius 2 is 1.82 bits per heavy atom. The number of fused-ring (bicyclic) bond motifs is 2. The number of pyridine rings is 1. The van der Waals surface area contributed by atoms with Crippen molar-refractivity contribution in [2.24, 2.45) is 0 Å². The Balaban J connectivity index is 0.00000324. The number of amides is 2. The first kappa shape index (κ1) is 27.0. The molecule has 0 saturated heterocycles. The van der Waals surface area contributed by atoms with Crippen molar-refractivity contribution in [3.63, 3.8) is 0 Å². The molecule has 8 heteroatoms. The summed E-state index contributed by atoms with van der Waals surface area (Å²) in [6.45, 7) is 9.29. The molecule has 0 unspecified atom stereocenters. The van der Waals surface area contributed by atoms with Crippen LogP contribution in [0.25, 0.3) is 10.9 Å². The molecule has 2 heterocycles. The van der Waals surface area contributed by atoms with Crippen LogP contribution in [0, 0.1) is 45.0 Å². The number of aromatic nitrogens is 1. The Labute approximate surface area is 234 Å². The van der Waals surface area contributed by atoms with Gasteiger partial charge in [-0.25, -0.2) is 0 Å². The van der Waals surface area contributed by atoms with Gasteiger partial charge >= 0.3 is 0 Å². The predicted molar refractivity (Wildman–Crippen MR) is 132 cm³/mol. The number of rotatable bonds is 6. The van der Waals surface area contributed by atoms with Crippen molar-refractivity contribution in [3.05, 3.63) is 88.7 Å². The molecule has 3 aromatic rings. The largest absolute Gasteiger partial charge is 0.399 e. The summed E-state index contributed by atoms with van der Waals surface area (Å²) >= 11 is 12.2. The number of aryl methyl sites for hydroxylation is 1. The van der Waals surface area contributed by atoms with Gasteiger partial charge in [0.05, 0.1) is 11.1 Å². The van der Waals surface area contributed by atoms with E-state index in [0.717, 1.165) is 27.7 Å². The van der Waals surface area contributed by atoms with E-state index in [4.69, 9.17) is 28.2 Å². The molecule has 176 valence electrons. The first-order valence-electron chi connectivity index (χ1n) is 10.9. The standard InChI is InChI=1S/C26H25Cl2N3O2.U/c1-3-30(4-2)26(33)25-19-7-5-6-8-22(19)29-23-13-14-31(16-20(23)25)24(32)12-10-17-9-11-18(27)15-21(17)28;/h5-9,11,15H,1-4,10,12-14,16H2;/q-2;. The molecule has 0 saturated carbocycles. The zero-order valence-electron chi connectivity index (χ0n) is 18.8. The van der Waals surface area contributed by atoms with Crippen LogP contribution in [0.1, 0.15) is 33.6 Å². The van der Waals surface area contributed by atoms with Crippen LogP contribution in [-0.4, -0.2) is 46.2 Å². The van der Waals surface area contributed by atoms with Crippen molar-refractivity contribution in [1.82, 2.24) is 14.8 Å². The summed E-state index contributed by atoms with van der Waals surface area (Å²) in [6, 6.07) is 12.9. The maximum absolute atomic E-state index is 13.4. The number of hydrogen-bond donors (Lipinski definition) is 0. The summed E-state index contributed by atoms with van der Waals surface area (Å²) in [7, 11) is 0. The third-order valence-electron chi connectivity index (χ3n) is 6.06. The van der Waals surface area contributed by atoms with Crippen molar-refractivity contribution < 1.29 is 40.7 Å². The molecule has 0 fully saturated rings. The van der Waals surface area contributed by atoms with Gasteiger partial charge in [-0.3, -0.25) is 14.6 Å². The molecule has 0 spiro atoms. The maximum Gasteiger partial charge on any atom is 0.250 e. The number of hydrogen-bond acceptors (Lipinski definition) is 3. The van der Waals surface area contributed by atoms with Gasteiger partial charge in [-0.2, -0.15) is 0 Å². The molecule has 1 aromatic heterocycles. The average molecular weight is 720 g/mol. The van der Waals surface area contributed by atoms with E-state index in [-0.39, 0.29) is 42.9 Å². The Morgan fingerprint density at radius 1 is 1.09 bits per heavy atom. The van der Waals surface area contributed by atoms with Crippen molar-refractivity contribution in [1.29, 1.82) is 0 Å². The molecule has 2 amide bonds. The molecule has 1 aliphatic heterocycles. The second kappa shape index (κ2) is 11.9. The normalized spacial score (nSPS) is 12.8. The summed E-state index contributed by atoms with van der Waals surface area (Å²) in [4.78, 5) is 34.7. The Kier molecular flexibility index (Phi) is 9.46. The fourth-order valence-electron chi connectivity index (χ4n) is 4.24. The van der Waals surface area contributed by atoms with Gasteiger partial charge in [0, 0.05) is 83.7 Å². The van der Waals surface area contributed by atoms with Gasteiger partial charge in [-0.1, -0.05) is 47.5 Å². The predicted octanol–water partition coefficient (Wildman–Crippen LogP) is 5.17. The fraction of sp³-hybridized carbons (Fsp3) is 0.269. The van der Waals surface area contributed by atoms with E-state index in [1.807, 2.05) is 30.3 Å². The van der Waals surface area contributed by atoms with Crippen LogP contribution in [0.4, 0.5) is 0 Å². The van der Waals surface area contributed by atoms with Crippen LogP contribution < -0.4 is 0 Å². The summed E-state index contributed by atoms with van der Waals surface area (Å²) < 4.78 is 0. The van der Waals surface area contributed by atoms with Crippen molar-refractivity contribution >= 4 is 45.9 Å². The second-order valence-electron chi connectivity index (χ2n) is 8.02. The minimum absolute atomic E-state index is 0. The summed E-state index contributed by atoms with van der Waals surface area (Å²) in [5.41, 5.74) is 3.95. The van der Waals surface area contributed by atoms with E-state index in [1.165, 1.54) is 0 Å². The van der Waals surface area contributed by atoms with Crippen molar-refractivity contribution in [2.75, 3.05) is 19.6 Å². The zero-order chi connectivity index (χ0) is 23.5. The fourth-order valence-corrected chi connectivity index (χ4v) is 4.75. The minimum Gasteiger partial charge on any atom is -0.399 e. The number of nitrogens with zero attached hydrogens (tertiary/aromatic N) is 3. The topological polar surface area (TPSA) is 53.5 Å². The number of para-hydroxylation sites is 1. The van der Waals surface area contributed by atoms with Gasteiger partial charge in [-0.05, 0) is 30.2 Å². The van der Waals surface area contributed by atoms with Gasteiger partial charge in [0.2, 0.25) is 11.8 Å². The van der Waals surface area contributed by atoms with E-state index < -0.39 is 0 Å². The monoisotopic (exact) mass is 719 g/mol. The molecule has 2 aromatic carbocycles. The van der Waals surface area contributed by atoms with Gasteiger partial charge in [0.25, 0.3) is 0 Å². The van der Waals surface area contributed by atoms with Crippen molar-refractivity contribution in [2.45, 2.75) is 25.8 Å². The van der Waals surface area contributed by atoms with Crippen LogP contribution in [-0.2, 0) is 24.2 Å². The second-order valence-corrected chi connectivity index (χ2v) is 8.87. The molecule has 0 N–H and O–H groups in total. The van der Waals surface area contributed by atoms with Gasteiger partial charge in [0.15, 0.2) is 0 Å². The Morgan fingerprint density at radius 3 is 2.53 bits per heavy atom. The molecule has 1 aliphatic rings. The molecule has 5 nitrogen and oxygen atoms in total. The molecule has 0 atom stereocenters. The number of carbonyl (C=O) groups is 2. The first-order valence-corrected chi connectivity index (χ1v) is 11.7.